The summed E-state index contributed by atoms with van der Waals surface area (Å²) in [5.41, 5.74) is 3.06. The fourth-order valence-corrected chi connectivity index (χ4v) is 5.88. The number of nitrogens with zero attached hydrogens (tertiary/aromatic N) is 2. The minimum atomic E-state index is -4.27. The molecule has 1 aromatic heterocycles. The maximum absolute atomic E-state index is 13.7. The van der Waals surface area contributed by atoms with Gasteiger partial charge in [-0.05, 0) is 42.7 Å². The number of rotatable bonds is 6. The Bertz CT molecular complexity index is 1450. The highest BCUT2D eigenvalue weighted by molar-refractivity contribution is 7.89. The number of sulfonamides is 1. The van der Waals surface area contributed by atoms with E-state index in [0.29, 0.717) is 0 Å². The number of carbonyl (C=O) groups excluding carboxylic acids is 1. The van der Waals surface area contributed by atoms with Crippen LogP contribution in [0.4, 0.5) is 5.69 Å². The lowest BCUT2D eigenvalue weighted by molar-refractivity contribution is -0.116. The summed E-state index contributed by atoms with van der Waals surface area (Å²) in [5, 5.41) is 6.27. The zero-order valence-corrected chi connectivity index (χ0v) is 21.2. The Morgan fingerprint density at radius 3 is 2.66 bits per heavy atom. The molecule has 2 N–H and O–H groups in total. The molecule has 3 aromatic rings. The van der Waals surface area contributed by atoms with Gasteiger partial charge >= 0.3 is 5.76 Å². The number of nitrogens with one attached hydrogen (secondary N) is 2. The van der Waals surface area contributed by atoms with Crippen molar-refractivity contribution in [3.8, 4) is 5.75 Å². The van der Waals surface area contributed by atoms with Gasteiger partial charge in [0.15, 0.2) is 5.75 Å². The Morgan fingerprint density at radius 2 is 2.00 bits per heavy atom. The van der Waals surface area contributed by atoms with Gasteiger partial charge in [-0.3, -0.25) is 4.79 Å². The number of ether oxygens (including phenoxy) is 1. The van der Waals surface area contributed by atoms with E-state index in [1.54, 1.807) is 0 Å². The molecule has 1 aliphatic heterocycles. The first kappa shape index (κ1) is 25.0. The monoisotopic (exact) mass is 520 g/mol. The number of aromatic amines is 1. The van der Waals surface area contributed by atoms with Crippen molar-refractivity contribution in [3.63, 3.8) is 0 Å². The molecule has 0 spiro atoms. The Balaban J connectivity index is 1.81. The number of hydrogen-bond donors (Lipinski definition) is 2. The fourth-order valence-electron chi connectivity index (χ4n) is 4.21. The highest BCUT2D eigenvalue weighted by atomic mass is 35.5. The van der Waals surface area contributed by atoms with Gasteiger partial charge in [-0.15, -0.1) is 5.10 Å². The van der Waals surface area contributed by atoms with E-state index in [0.717, 1.165) is 16.7 Å². The van der Waals surface area contributed by atoms with Crippen molar-refractivity contribution in [3.05, 3.63) is 68.5 Å². The van der Waals surface area contributed by atoms with E-state index in [1.807, 2.05) is 39.0 Å². The van der Waals surface area contributed by atoms with Gasteiger partial charge in [-0.2, -0.15) is 4.72 Å². The van der Waals surface area contributed by atoms with Gasteiger partial charge in [0.25, 0.3) is 0 Å². The molecular formula is C23H25ClN4O6S. The summed E-state index contributed by atoms with van der Waals surface area (Å²) in [6.45, 7) is 7.42. The summed E-state index contributed by atoms with van der Waals surface area (Å²) in [6, 6.07) is 7.40. The number of amides is 1. The van der Waals surface area contributed by atoms with Crippen LogP contribution in [0.5, 0.6) is 5.75 Å². The second-order valence-electron chi connectivity index (χ2n) is 8.37. The summed E-state index contributed by atoms with van der Waals surface area (Å²) >= 11 is 6.32. The predicted octanol–water partition coefficient (Wildman–Crippen LogP) is 3.20. The standard InChI is InChI=1S/C23H25ClN4O6S/c1-12-6-5-7-16(13(12)2)14(3)19(22-25-26-23(30)34-22)27-35(31,32)18-9-8-17(24)20-21(18)33-11-10-28(20)15(4)29/h5-9,14,19,27H,10-11H2,1-4H3,(H,26,30)/t14-,19+/m1/s1. The average molecular weight is 521 g/mol. The van der Waals surface area contributed by atoms with E-state index in [-0.39, 0.29) is 46.3 Å². The van der Waals surface area contributed by atoms with Crippen LogP contribution in [0.1, 0.15) is 48.4 Å². The molecule has 0 bridgehead atoms. The Hall–Kier alpha value is -3.15. The van der Waals surface area contributed by atoms with Gasteiger partial charge in [-0.25, -0.2) is 18.3 Å². The summed E-state index contributed by atoms with van der Waals surface area (Å²) in [5.74, 6) is -1.69. The van der Waals surface area contributed by atoms with Crippen LogP contribution in [0.25, 0.3) is 0 Å². The van der Waals surface area contributed by atoms with E-state index in [2.05, 4.69) is 14.9 Å². The lowest BCUT2D eigenvalue weighted by Gasteiger charge is -2.31. The lowest BCUT2D eigenvalue weighted by atomic mass is 9.88. The molecule has 2 atom stereocenters. The minimum Gasteiger partial charge on any atom is -0.488 e. The second kappa shape index (κ2) is 9.48. The van der Waals surface area contributed by atoms with E-state index >= 15 is 0 Å². The molecular weight excluding hydrogens is 496 g/mol. The fraction of sp³-hybridized carbons (Fsp3) is 0.348. The van der Waals surface area contributed by atoms with Crippen LogP contribution in [0.15, 0.2) is 44.4 Å². The number of anilines is 1. The van der Waals surface area contributed by atoms with Crippen LogP contribution >= 0.6 is 11.6 Å². The molecule has 0 fully saturated rings. The summed E-state index contributed by atoms with van der Waals surface area (Å²) < 4.78 is 40.8. The summed E-state index contributed by atoms with van der Waals surface area (Å²) in [7, 11) is -4.27. The predicted molar refractivity (Wildman–Crippen MR) is 129 cm³/mol. The first-order chi connectivity index (χ1) is 16.5. The summed E-state index contributed by atoms with van der Waals surface area (Å²) in [4.78, 5) is 25.0. The quantitative estimate of drug-likeness (QED) is 0.509. The maximum atomic E-state index is 13.7. The van der Waals surface area contributed by atoms with E-state index in [4.69, 9.17) is 20.8 Å². The van der Waals surface area contributed by atoms with Gasteiger partial charge in [-0.1, -0.05) is 36.7 Å². The molecule has 0 radical (unpaired) electrons. The van der Waals surface area contributed by atoms with E-state index in [1.165, 1.54) is 24.0 Å². The molecule has 0 saturated carbocycles. The van der Waals surface area contributed by atoms with Gasteiger partial charge in [0.05, 0.1) is 11.6 Å². The van der Waals surface area contributed by atoms with Crippen LogP contribution in [0, 0.1) is 13.8 Å². The number of benzene rings is 2. The number of fused-ring (bicyclic) bond motifs is 1. The molecule has 2 aromatic carbocycles. The van der Waals surface area contributed by atoms with Crippen molar-refractivity contribution in [2.45, 2.75) is 44.6 Å². The maximum Gasteiger partial charge on any atom is 0.434 e. The number of hydrogen-bond acceptors (Lipinski definition) is 7. The Labute approximate surface area is 207 Å². The molecule has 1 amide bonds. The lowest BCUT2D eigenvalue weighted by Crippen LogP contribution is -2.38. The zero-order chi connectivity index (χ0) is 25.5. The number of aromatic nitrogens is 2. The van der Waals surface area contributed by atoms with Crippen LogP contribution in [0.2, 0.25) is 5.02 Å². The van der Waals surface area contributed by atoms with Crippen molar-refractivity contribution in [2.75, 3.05) is 18.1 Å². The number of halogens is 1. The molecule has 186 valence electrons. The van der Waals surface area contributed by atoms with Crippen LogP contribution in [-0.2, 0) is 14.8 Å². The largest absolute Gasteiger partial charge is 0.488 e. The number of H-pyrrole nitrogens is 1. The van der Waals surface area contributed by atoms with Crippen molar-refractivity contribution in [1.82, 2.24) is 14.9 Å². The minimum absolute atomic E-state index is 0.0203. The zero-order valence-electron chi connectivity index (χ0n) is 19.6. The van der Waals surface area contributed by atoms with E-state index < -0.39 is 27.7 Å². The third-order valence-corrected chi connectivity index (χ3v) is 7.96. The van der Waals surface area contributed by atoms with Crippen molar-refractivity contribution in [1.29, 1.82) is 0 Å². The normalized spacial score (nSPS) is 15.3. The third-order valence-electron chi connectivity index (χ3n) is 6.19. The molecule has 12 heteroatoms. The molecule has 35 heavy (non-hydrogen) atoms. The van der Waals surface area contributed by atoms with Gasteiger partial charge < -0.3 is 14.1 Å². The van der Waals surface area contributed by atoms with Gasteiger partial charge in [0, 0.05) is 12.8 Å². The number of aryl methyl sites for hydroxylation is 1. The van der Waals surface area contributed by atoms with Crippen molar-refractivity contribution in [2.24, 2.45) is 0 Å². The van der Waals surface area contributed by atoms with Crippen LogP contribution in [-0.4, -0.2) is 37.7 Å². The smallest absolute Gasteiger partial charge is 0.434 e. The average Bonchev–Trinajstić information content (AvgIpc) is 3.24. The second-order valence-corrected chi connectivity index (χ2v) is 10.5. The highest BCUT2D eigenvalue weighted by Crippen LogP contribution is 2.43. The molecule has 0 saturated heterocycles. The molecule has 4 rings (SSSR count). The molecule has 0 aliphatic carbocycles. The SMILES string of the molecule is CC(=O)N1CCOc2c(S(=O)(=O)N[C@H](c3n[nH]c(=O)o3)[C@H](C)c3cccc(C)c3C)ccc(Cl)c21. The van der Waals surface area contributed by atoms with Crippen molar-refractivity contribution < 1.29 is 22.4 Å². The van der Waals surface area contributed by atoms with Crippen LogP contribution in [0.3, 0.4) is 0 Å². The molecule has 1 aliphatic rings. The van der Waals surface area contributed by atoms with Crippen LogP contribution < -0.4 is 20.1 Å². The molecule has 0 unspecified atom stereocenters. The van der Waals surface area contributed by atoms with Gasteiger partial charge in [0.1, 0.15) is 23.2 Å². The molecule has 2 heterocycles. The Morgan fingerprint density at radius 1 is 1.26 bits per heavy atom. The van der Waals surface area contributed by atoms with E-state index in [9.17, 15) is 18.0 Å². The number of carbonyl (C=O) groups is 1. The third kappa shape index (κ3) is 4.71. The first-order valence-corrected chi connectivity index (χ1v) is 12.7. The van der Waals surface area contributed by atoms with Crippen molar-refractivity contribution >= 4 is 33.2 Å². The topological polar surface area (TPSA) is 135 Å². The Kier molecular flexibility index (Phi) is 6.76. The van der Waals surface area contributed by atoms with Gasteiger partial charge in [0.2, 0.25) is 21.8 Å². The molecule has 10 nitrogen and oxygen atoms in total. The first-order valence-electron chi connectivity index (χ1n) is 10.9. The highest BCUT2D eigenvalue weighted by Gasteiger charge is 2.36. The summed E-state index contributed by atoms with van der Waals surface area (Å²) in [6.07, 6.45) is 0.